The third kappa shape index (κ3) is 2.67. The van der Waals surface area contributed by atoms with Crippen LogP contribution in [0, 0.1) is 0 Å². The Morgan fingerprint density at radius 3 is 2.48 bits per heavy atom. The van der Waals surface area contributed by atoms with Crippen molar-refractivity contribution in [2.75, 3.05) is 16.8 Å². The first-order valence-electron chi connectivity index (χ1n) is 9.17. The van der Waals surface area contributed by atoms with Gasteiger partial charge in [-0.25, -0.2) is 0 Å². The molecular formula is C22H16N4O3. The lowest BCUT2D eigenvalue weighted by atomic mass is 10.0. The molecule has 2 aliphatic rings. The van der Waals surface area contributed by atoms with E-state index in [1.807, 2.05) is 12.1 Å². The lowest BCUT2D eigenvalue weighted by molar-refractivity contribution is -0.117. The number of benzene rings is 2. The molecule has 5 rings (SSSR count). The summed E-state index contributed by atoms with van der Waals surface area (Å²) in [5.41, 5.74) is 2.77. The van der Waals surface area contributed by atoms with E-state index in [9.17, 15) is 14.4 Å². The van der Waals surface area contributed by atoms with Crippen molar-refractivity contribution in [1.29, 1.82) is 0 Å². The first-order valence-corrected chi connectivity index (χ1v) is 9.17. The Hall–Kier alpha value is -4.00. The molecule has 0 spiro atoms. The van der Waals surface area contributed by atoms with Crippen LogP contribution in [0.1, 0.15) is 32.4 Å². The van der Waals surface area contributed by atoms with Crippen LogP contribution in [0.25, 0.3) is 0 Å². The van der Waals surface area contributed by atoms with Crippen LogP contribution < -0.4 is 10.2 Å². The zero-order chi connectivity index (χ0) is 20.0. The summed E-state index contributed by atoms with van der Waals surface area (Å²) in [6, 6.07) is 17.6. The summed E-state index contributed by atoms with van der Waals surface area (Å²) in [6.45, 7) is -0.190. The molecule has 0 bridgehead atoms. The normalized spacial score (nSPS) is 16.9. The number of nitrogens with zero attached hydrogens (tertiary/aromatic N) is 3. The molecule has 0 aliphatic carbocycles. The highest BCUT2D eigenvalue weighted by Crippen LogP contribution is 2.44. The summed E-state index contributed by atoms with van der Waals surface area (Å²) in [4.78, 5) is 46.1. The van der Waals surface area contributed by atoms with Crippen LogP contribution in [-0.2, 0) is 4.79 Å². The third-order valence-electron chi connectivity index (χ3n) is 5.14. The fourth-order valence-corrected chi connectivity index (χ4v) is 3.93. The maximum Gasteiger partial charge on any atom is 0.260 e. The molecule has 2 aliphatic heterocycles. The number of rotatable bonds is 3. The number of pyridine rings is 1. The number of fused-ring (bicyclic) bond motifs is 5. The molecule has 7 heteroatoms. The van der Waals surface area contributed by atoms with E-state index in [2.05, 4.69) is 10.3 Å². The van der Waals surface area contributed by atoms with Gasteiger partial charge in [0.1, 0.15) is 12.7 Å². The second-order valence-electron chi connectivity index (χ2n) is 6.88. The molecule has 0 radical (unpaired) electrons. The first-order chi connectivity index (χ1) is 14.1. The van der Waals surface area contributed by atoms with Crippen molar-refractivity contribution in [2.45, 2.75) is 6.17 Å². The lowest BCUT2D eigenvalue weighted by Crippen LogP contribution is -2.50. The molecule has 29 heavy (non-hydrogen) atoms. The van der Waals surface area contributed by atoms with Gasteiger partial charge in [0, 0.05) is 17.3 Å². The zero-order valence-electron chi connectivity index (χ0n) is 15.3. The Balaban J connectivity index is 1.55. The molecule has 0 fully saturated rings. The van der Waals surface area contributed by atoms with Crippen molar-refractivity contribution in [3.8, 4) is 0 Å². The predicted octanol–water partition coefficient (Wildman–Crippen LogP) is 2.84. The number of para-hydroxylation sites is 1. The monoisotopic (exact) mass is 384 g/mol. The number of nitrogens with one attached hydrogen (secondary N) is 1. The van der Waals surface area contributed by atoms with Crippen molar-refractivity contribution < 1.29 is 14.4 Å². The Labute approximate surface area is 166 Å². The summed E-state index contributed by atoms with van der Waals surface area (Å²) in [7, 11) is 0. The minimum Gasteiger partial charge on any atom is -0.323 e. The average Bonchev–Trinajstić information content (AvgIpc) is 3.05. The van der Waals surface area contributed by atoms with Crippen LogP contribution in [-0.4, -0.2) is 34.2 Å². The first kappa shape index (κ1) is 17.1. The second-order valence-corrected chi connectivity index (χ2v) is 6.88. The number of hydrogen-bond donors (Lipinski definition) is 1. The van der Waals surface area contributed by atoms with Crippen LogP contribution in [0.4, 0.5) is 11.4 Å². The van der Waals surface area contributed by atoms with E-state index in [0.717, 1.165) is 5.56 Å². The van der Waals surface area contributed by atoms with Crippen molar-refractivity contribution in [3.05, 3.63) is 89.7 Å². The van der Waals surface area contributed by atoms with Gasteiger partial charge in [-0.3, -0.25) is 24.3 Å². The maximum atomic E-state index is 13.3. The molecule has 7 nitrogen and oxygen atoms in total. The van der Waals surface area contributed by atoms with Gasteiger partial charge in [0.15, 0.2) is 0 Å². The van der Waals surface area contributed by atoms with E-state index < -0.39 is 6.17 Å². The molecule has 3 aromatic rings. The zero-order valence-corrected chi connectivity index (χ0v) is 15.3. The van der Waals surface area contributed by atoms with Gasteiger partial charge in [0.2, 0.25) is 5.91 Å². The number of anilines is 2. The maximum absolute atomic E-state index is 13.3. The average molecular weight is 384 g/mol. The minimum atomic E-state index is -0.652. The van der Waals surface area contributed by atoms with Crippen LogP contribution in [0.5, 0.6) is 0 Å². The highest BCUT2D eigenvalue weighted by molar-refractivity contribution is 6.17. The quantitative estimate of drug-likeness (QED) is 0.753. The summed E-state index contributed by atoms with van der Waals surface area (Å²) < 4.78 is 0. The van der Waals surface area contributed by atoms with Crippen LogP contribution >= 0.6 is 0 Å². The second kappa shape index (κ2) is 6.56. The minimum absolute atomic E-state index is 0.178. The molecule has 3 heterocycles. The number of carbonyl (C=O) groups excluding carboxylic acids is 3. The number of carbonyl (C=O) groups is 3. The van der Waals surface area contributed by atoms with E-state index in [-0.39, 0.29) is 24.3 Å². The molecule has 142 valence electrons. The summed E-state index contributed by atoms with van der Waals surface area (Å²) in [5.74, 6) is -0.821. The number of hydrogen-bond acceptors (Lipinski definition) is 4. The molecule has 0 saturated carbocycles. The van der Waals surface area contributed by atoms with Gasteiger partial charge in [0.05, 0.1) is 23.1 Å². The standard InChI is InChI=1S/C22H16N4O3/c27-19(24-14-6-5-11-23-12-14)13-25-20-15-7-1-2-8-16(15)22(29)26(20)18-10-4-3-9-17(18)21(25)28/h1-12,20H,13H2,(H,24,27)/t20-/m0/s1. The van der Waals surface area contributed by atoms with Gasteiger partial charge in [-0.1, -0.05) is 30.3 Å². The Morgan fingerprint density at radius 1 is 0.931 bits per heavy atom. The molecular weight excluding hydrogens is 368 g/mol. The molecule has 1 aromatic heterocycles. The largest absolute Gasteiger partial charge is 0.323 e. The van der Waals surface area contributed by atoms with Gasteiger partial charge in [-0.05, 0) is 30.3 Å². The van der Waals surface area contributed by atoms with E-state index in [1.54, 1.807) is 59.6 Å². The molecule has 1 atom stereocenters. The van der Waals surface area contributed by atoms with Crippen molar-refractivity contribution in [2.24, 2.45) is 0 Å². The van der Waals surface area contributed by atoms with Gasteiger partial charge in [-0.2, -0.15) is 0 Å². The smallest absolute Gasteiger partial charge is 0.260 e. The fourth-order valence-electron chi connectivity index (χ4n) is 3.93. The van der Waals surface area contributed by atoms with E-state index in [1.165, 1.54) is 11.1 Å². The summed E-state index contributed by atoms with van der Waals surface area (Å²) in [5, 5.41) is 2.75. The van der Waals surface area contributed by atoms with Crippen LogP contribution in [0.2, 0.25) is 0 Å². The van der Waals surface area contributed by atoms with E-state index in [0.29, 0.717) is 22.5 Å². The molecule has 1 N–H and O–H groups in total. The molecule has 0 saturated heterocycles. The highest BCUT2D eigenvalue weighted by Gasteiger charge is 2.47. The molecule has 2 aromatic carbocycles. The summed E-state index contributed by atoms with van der Waals surface area (Å²) >= 11 is 0. The third-order valence-corrected chi connectivity index (χ3v) is 5.14. The number of amides is 3. The Bertz CT molecular complexity index is 1150. The predicted molar refractivity (Wildman–Crippen MR) is 106 cm³/mol. The van der Waals surface area contributed by atoms with Crippen molar-refractivity contribution >= 4 is 29.1 Å². The van der Waals surface area contributed by atoms with Crippen molar-refractivity contribution in [1.82, 2.24) is 9.88 Å². The van der Waals surface area contributed by atoms with Gasteiger partial charge in [0.25, 0.3) is 11.8 Å². The Morgan fingerprint density at radius 2 is 1.69 bits per heavy atom. The fraction of sp³-hybridized carbons (Fsp3) is 0.0909. The van der Waals surface area contributed by atoms with Gasteiger partial charge < -0.3 is 10.2 Å². The van der Waals surface area contributed by atoms with E-state index in [4.69, 9.17) is 0 Å². The highest BCUT2D eigenvalue weighted by atomic mass is 16.2. The van der Waals surface area contributed by atoms with Gasteiger partial charge >= 0.3 is 0 Å². The molecule has 0 unspecified atom stereocenters. The summed E-state index contributed by atoms with van der Waals surface area (Å²) in [6.07, 6.45) is 2.49. The van der Waals surface area contributed by atoms with E-state index >= 15 is 0 Å². The number of aromatic nitrogens is 1. The van der Waals surface area contributed by atoms with Crippen LogP contribution in [0.15, 0.2) is 73.1 Å². The van der Waals surface area contributed by atoms with Crippen LogP contribution in [0.3, 0.4) is 0 Å². The van der Waals surface area contributed by atoms with Gasteiger partial charge in [-0.15, -0.1) is 0 Å². The SMILES string of the molecule is O=C(CN1C(=O)c2ccccc2N2C(=O)c3ccccc3[C@@H]12)Nc1cccnc1. The lowest BCUT2D eigenvalue weighted by Gasteiger charge is -2.40. The molecule has 3 amide bonds. The topological polar surface area (TPSA) is 82.6 Å². The Kier molecular flexibility index (Phi) is 3.87. The van der Waals surface area contributed by atoms with Crippen molar-refractivity contribution in [3.63, 3.8) is 0 Å².